The van der Waals surface area contributed by atoms with E-state index in [1.807, 2.05) is 4.68 Å². The van der Waals surface area contributed by atoms with Crippen molar-refractivity contribution in [2.24, 2.45) is 0 Å². The maximum absolute atomic E-state index is 5.79. The Morgan fingerprint density at radius 2 is 2.15 bits per heavy atom. The molecule has 72 valence electrons. The third-order valence-electron chi connectivity index (χ3n) is 2.71. The molecule has 0 unspecified atom stereocenters. The van der Waals surface area contributed by atoms with E-state index in [-0.39, 0.29) is 0 Å². The summed E-state index contributed by atoms with van der Waals surface area (Å²) in [6.07, 6.45) is 8.21. The van der Waals surface area contributed by atoms with Crippen LogP contribution in [0.4, 0.5) is 0 Å². The van der Waals surface area contributed by atoms with E-state index >= 15 is 0 Å². The second-order valence-corrected chi connectivity index (χ2v) is 3.86. The molecule has 1 aliphatic rings. The Hall–Kier alpha value is -0.570. The number of hydrogen-bond acceptors (Lipinski definition) is 2. The molecule has 1 aromatic rings. The van der Waals surface area contributed by atoms with Crippen LogP contribution in [0.2, 0.25) is 0 Å². The van der Waals surface area contributed by atoms with Gasteiger partial charge in [0.1, 0.15) is 0 Å². The van der Waals surface area contributed by atoms with Gasteiger partial charge in [-0.2, -0.15) is 0 Å². The van der Waals surface area contributed by atoms with Crippen molar-refractivity contribution in [3.63, 3.8) is 0 Å². The lowest BCUT2D eigenvalue weighted by Gasteiger charge is -2.22. The Labute approximate surface area is 83.1 Å². The van der Waals surface area contributed by atoms with E-state index in [0.29, 0.717) is 11.9 Å². The third-order valence-corrected chi connectivity index (χ3v) is 2.98. The fourth-order valence-corrected chi connectivity index (χ4v) is 2.19. The lowest BCUT2D eigenvalue weighted by Crippen LogP contribution is -2.16. The molecule has 1 aliphatic carbocycles. The summed E-state index contributed by atoms with van der Waals surface area (Å²) in [5.74, 6) is 0.517. The molecule has 0 radical (unpaired) electrons. The van der Waals surface area contributed by atoms with Crippen molar-refractivity contribution < 1.29 is 0 Å². The summed E-state index contributed by atoms with van der Waals surface area (Å²) in [4.78, 5) is 0. The van der Waals surface area contributed by atoms with Gasteiger partial charge >= 0.3 is 0 Å². The molecule has 1 saturated carbocycles. The molecule has 1 fully saturated rings. The van der Waals surface area contributed by atoms with Crippen LogP contribution in [0.3, 0.4) is 0 Å². The highest BCUT2D eigenvalue weighted by molar-refractivity contribution is 6.16. The first-order chi connectivity index (χ1) is 6.42. The van der Waals surface area contributed by atoms with Gasteiger partial charge in [-0.1, -0.05) is 24.5 Å². The summed E-state index contributed by atoms with van der Waals surface area (Å²) >= 11 is 5.79. The van der Waals surface area contributed by atoms with Gasteiger partial charge in [0, 0.05) is 0 Å². The van der Waals surface area contributed by atoms with Crippen molar-refractivity contribution in [2.75, 3.05) is 0 Å². The average Bonchev–Trinajstić information content (AvgIpc) is 2.67. The minimum Gasteiger partial charge on any atom is -0.245 e. The Balaban J connectivity index is 2.13. The van der Waals surface area contributed by atoms with Crippen LogP contribution in [0.25, 0.3) is 0 Å². The predicted octanol–water partition coefficient (Wildman–Crippen LogP) is 2.52. The highest BCUT2D eigenvalue weighted by Gasteiger charge is 2.18. The first-order valence-electron chi connectivity index (χ1n) is 4.87. The standard InChI is InChI=1S/C9H14ClN3/c10-6-9-7-11-12-13(9)8-4-2-1-3-5-8/h7-8H,1-6H2. The lowest BCUT2D eigenvalue weighted by atomic mass is 9.95. The fraction of sp³-hybridized carbons (Fsp3) is 0.778. The van der Waals surface area contributed by atoms with E-state index in [9.17, 15) is 0 Å². The quantitative estimate of drug-likeness (QED) is 0.686. The number of rotatable bonds is 2. The van der Waals surface area contributed by atoms with Crippen LogP contribution in [0, 0.1) is 0 Å². The SMILES string of the molecule is ClCc1cnnn1C1CCCCC1. The van der Waals surface area contributed by atoms with E-state index < -0.39 is 0 Å². The summed E-state index contributed by atoms with van der Waals surface area (Å²) in [6, 6.07) is 0.546. The van der Waals surface area contributed by atoms with Crippen LogP contribution in [0.15, 0.2) is 6.20 Å². The van der Waals surface area contributed by atoms with Crippen molar-refractivity contribution in [3.05, 3.63) is 11.9 Å². The zero-order valence-corrected chi connectivity index (χ0v) is 8.37. The van der Waals surface area contributed by atoms with Crippen LogP contribution in [-0.4, -0.2) is 15.0 Å². The lowest BCUT2D eigenvalue weighted by molar-refractivity contribution is 0.319. The molecule has 4 heteroatoms. The van der Waals surface area contributed by atoms with E-state index in [1.165, 1.54) is 32.1 Å². The van der Waals surface area contributed by atoms with Gasteiger partial charge in [-0.05, 0) is 12.8 Å². The van der Waals surface area contributed by atoms with Gasteiger partial charge in [0.2, 0.25) is 0 Å². The number of nitrogens with zero attached hydrogens (tertiary/aromatic N) is 3. The normalized spacial score (nSPS) is 19.2. The van der Waals surface area contributed by atoms with Crippen molar-refractivity contribution in [3.8, 4) is 0 Å². The molecule has 0 spiro atoms. The molecule has 0 N–H and O–H groups in total. The van der Waals surface area contributed by atoms with Crippen molar-refractivity contribution >= 4 is 11.6 Å². The molecule has 0 bridgehead atoms. The minimum absolute atomic E-state index is 0.517. The van der Waals surface area contributed by atoms with E-state index in [2.05, 4.69) is 10.3 Å². The summed E-state index contributed by atoms with van der Waals surface area (Å²) in [6.45, 7) is 0. The smallest absolute Gasteiger partial charge is 0.0738 e. The third kappa shape index (κ3) is 1.85. The number of halogens is 1. The van der Waals surface area contributed by atoms with E-state index in [4.69, 9.17) is 11.6 Å². The topological polar surface area (TPSA) is 30.7 Å². The van der Waals surface area contributed by atoms with Gasteiger partial charge in [-0.3, -0.25) is 0 Å². The van der Waals surface area contributed by atoms with Crippen LogP contribution >= 0.6 is 11.6 Å². The van der Waals surface area contributed by atoms with Gasteiger partial charge in [0.05, 0.1) is 23.8 Å². The van der Waals surface area contributed by atoms with Crippen LogP contribution < -0.4 is 0 Å². The molecule has 0 saturated heterocycles. The van der Waals surface area contributed by atoms with E-state index in [1.54, 1.807) is 6.20 Å². The van der Waals surface area contributed by atoms with Gasteiger partial charge < -0.3 is 0 Å². The zero-order chi connectivity index (χ0) is 9.10. The molecule has 0 amide bonds. The Bertz CT molecular complexity index is 266. The first kappa shape index (κ1) is 9.00. The van der Waals surface area contributed by atoms with Crippen molar-refractivity contribution in [1.29, 1.82) is 0 Å². The summed E-state index contributed by atoms with van der Waals surface area (Å²) in [5, 5.41) is 7.99. The zero-order valence-electron chi connectivity index (χ0n) is 7.62. The number of alkyl halides is 1. The Kier molecular flexibility index (Phi) is 2.83. The molecule has 1 heterocycles. The molecule has 0 aliphatic heterocycles. The molecule has 3 nitrogen and oxygen atoms in total. The molecule has 13 heavy (non-hydrogen) atoms. The second-order valence-electron chi connectivity index (χ2n) is 3.60. The Morgan fingerprint density at radius 1 is 1.38 bits per heavy atom. The molecule has 1 aromatic heterocycles. The summed E-state index contributed by atoms with van der Waals surface area (Å²) in [5.41, 5.74) is 1.05. The van der Waals surface area contributed by atoms with Gasteiger partial charge in [-0.15, -0.1) is 16.7 Å². The molecule has 0 atom stereocenters. The Morgan fingerprint density at radius 3 is 2.85 bits per heavy atom. The molecule has 0 aromatic carbocycles. The maximum Gasteiger partial charge on any atom is 0.0738 e. The van der Waals surface area contributed by atoms with Crippen LogP contribution in [0.5, 0.6) is 0 Å². The largest absolute Gasteiger partial charge is 0.245 e. The van der Waals surface area contributed by atoms with Crippen molar-refractivity contribution in [1.82, 2.24) is 15.0 Å². The van der Waals surface area contributed by atoms with Crippen LogP contribution in [0.1, 0.15) is 43.8 Å². The number of hydrogen-bond donors (Lipinski definition) is 0. The molecular weight excluding hydrogens is 186 g/mol. The van der Waals surface area contributed by atoms with E-state index in [0.717, 1.165) is 5.69 Å². The average molecular weight is 200 g/mol. The summed E-state index contributed by atoms with van der Waals surface area (Å²) in [7, 11) is 0. The predicted molar refractivity (Wildman–Crippen MR) is 51.7 cm³/mol. The highest BCUT2D eigenvalue weighted by Crippen LogP contribution is 2.28. The van der Waals surface area contributed by atoms with Gasteiger partial charge in [0.25, 0.3) is 0 Å². The van der Waals surface area contributed by atoms with Gasteiger partial charge in [0.15, 0.2) is 0 Å². The monoisotopic (exact) mass is 199 g/mol. The highest BCUT2D eigenvalue weighted by atomic mass is 35.5. The van der Waals surface area contributed by atoms with Crippen molar-refractivity contribution in [2.45, 2.75) is 44.0 Å². The maximum atomic E-state index is 5.79. The fourth-order valence-electron chi connectivity index (χ4n) is 1.99. The second kappa shape index (κ2) is 4.09. The van der Waals surface area contributed by atoms with Gasteiger partial charge in [-0.25, -0.2) is 4.68 Å². The van der Waals surface area contributed by atoms with Crippen LogP contribution in [-0.2, 0) is 5.88 Å². The molecular formula is C9H14ClN3. The minimum atomic E-state index is 0.517. The summed E-state index contributed by atoms with van der Waals surface area (Å²) < 4.78 is 2.01. The number of aromatic nitrogens is 3. The first-order valence-corrected chi connectivity index (χ1v) is 5.40. The molecule has 2 rings (SSSR count).